The Hall–Kier alpha value is -2.03. The van der Waals surface area contributed by atoms with E-state index >= 15 is 0 Å². The average molecular weight is 910 g/mol. The largest absolute Gasteiger partial charge is 0.483 e. The van der Waals surface area contributed by atoms with E-state index in [0.717, 1.165) is 0 Å². The fourth-order valence-corrected chi connectivity index (χ4v) is 10.6. The van der Waals surface area contributed by atoms with Crippen molar-refractivity contribution in [2.24, 2.45) is 17.8 Å². The highest BCUT2D eigenvalue weighted by molar-refractivity contribution is 5.73. The maximum absolute atomic E-state index is 14.6. The van der Waals surface area contributed by atoms with Crippen LogP contribution in [0.5, 0.6) is 5.75 Å². The number of hydrogen-bond acceptors (Lipinski definition) is 16. The smallest absolute Gasteiger partial charge is 0.311 e. The average Bonchev–Trinajstić information content (AvgIpc) is 3.24. The van der Waals surface area contributed by atoms with Crippen LogP contribution in [0.25, 0.3) is 0 Å². The molecule has 1 aromatic rings. The first-order valence-electron chi connectivity index (χ1n) is 23.6. The summed E-state index contributed by atoms with van der Waals surface area (Å²) >= 11 is 0. The van der Waals surface area contributed by atoms with Gasteiger partial charge in [-0.15, -0.1) is 0 Å². The van der Waals surface area contributed by atoms with Crippen LogP contribution in [0, 0.1) is 17.8 Å². The number of esters is 1. The van der Waals surface area contributed by atoms with Crippen molar-refractivity contribution in [3.05, 3.63) is 30.3 Å². The summed E-state index contributed by atoms with van der Waals surface area (Å²) in [4.78, 5) is 18.8. The number of aliphatic hydroxyl groups is 4. The maximum atomic E-state index is 14.6. The number of carbonyl (C=O) groups is 1. The molecule has 18 atom stereocenters. The molecule has 0 saturated carbocycles. The third kappa shape index (κ3) is 12.0. The van der Waals surface area contributed by atoms with Crippen molar-refractivity contribution >= 4 is 5.97 Å². The van der Waals surface area contributed by atoms with Gasteiger partial charge in [0, 0.05) is 45.1 Å². The molecule has 1 aromatic carbocycles. The number of β-amino-alcohol motifs (C(OH)–C–C–N with tert-alkyl or cyclic N) is 1. The highest BCUT2D eigenvalue weighted by atomic mass is 16.7. The summed E-state index contributed by atoms with van der Waals surface area (Å²) in [7, 11) is 5.56. The summed E-state index contributed by atoms with van der Waals surface area (Å²) in [5.41, 5.74) is -5.99. The minimum atomic E-state index is -1.82. The van der Waals surface area contributed by atoms with Crippen LogP contribution in [-0.2, 0) is 38.0 Å². The Labute approximate surface area is 382 Å². The highest BCUT2D eigenvalue weighted by Gasteiger charge is 2.59. The van der Waals surface area contributed by atoms with E-state index in [1.54, 1.807) is 41.7 Å². The highest BCUT2D eigenvalue weighted by Crippen LogP contribution is 2.44. The molecule has 0 aliphatic carbocycles. The minimum Gasteiger partial charge on any atom is -0.483 e. The molecule has 5 rings (SSSR count). The number of carbonyl (C=O) groups excluding carboxylic acids is 1. The normalized spacial score (nSPS) is 45.0. The second-order valence-electron chi connectivity index (χ2n) is 20.3. The number of likely N-dealkylation sites (N-methyl/N-ethyl adjacent to an activating group) is 1. The second-order valence-corrected chi connectivity index (χ2v) is 20.3. The Morgan fingerprint density at radius 1 is 0.922 bits per heavy atom. The van der Waals surface area contributed by atoms with Crippen molar-refractivity contribution in [2.75, 3.05) is 60.6 Å². The third-order valence-electron chi connectivity index (χ3n) is 14.8. The molecule has 16 heteroatoms. The molecule has 4 fully saturated rings. The van der Waals surface area contributed by atoms with Crippen molar-refractivity contribution in [3.8, 4) is 5.75 Å². The van der Waals surface area contributed by atoms with Gasteiger partial charge in [0.1, 0.15) is 34.8 Å². The fourth-order valence-electron chi connectivity index (χ4n) is 10.6. The lowest BCUT2D eigenvalue weighted by Gasteiger charge is -2.55. The number of ether oxygens (including phenoxy) is 8. The standard InChI is InChI=1S/C48H83N3O13/c1-14-37-47(10,55)41(52)33(6)49-27-29(2)25-45(8,54)42(64-44-40(61-35-18-16-15-17-19-35)36(50(11)12)24-30(3)59-44)31(4)39(32(5)43(53)62-37)63-38-26-46(9,57-13)48(56,34(7)60-38)28-51-20-22-58-23-21-51/h15-19,29-34,36-42,44,49,52,54-56H,14,20-28H2,1-13H3/t29-,30-,31+,32-,33-,34+,36+,37-,38+,39+,40-,41-,42-,44+,45-,46-,47-,48+/m1/s1. The van der Waals surface area contributed by atoms with Gasteiger partial charge in [-0.05, 0) is 106 Å². The molecule has 0 aromatic heterocycles. The lowest BCUT2D eigenvalue weighted by molar-refractivity contribution is -0.339. The summed E-state index contributed by atoms with van der Waals surface area (Å²) in [6.07, 6.45) is -6.85. The van der Waals surface area contributed by atoms with Crippen LogP contribution in [0.2, 0.25) is 0 Å². The van der Waals surface area contributed by atoms with Crippen LogP contribution in [0.15, 0.2) is 30.3 Å². The van der Waals surface area contributed by atoms with E-state index in [2.05, 4.69) is 15.1 Å². The number of rotatable bonds is 11. The Kier molecular flexibility index (Phi) is 18.1. The van der Waals surface area contributed by atoms with Gasteiger partial charge in [-0.2, -0.15) is 0 Å². The van der Waals surface area contributed by atoms with Crippen LogP contribution >= 0.6 is 0 Å². The van der Waals surface area contributed by atoms with Crippen molar-refractivity contribution in [3.63, 3.8) is 0 Å². The van der Waals surface area contributed by atoms with Gasteiger partial charge in [-0.3, -0.25) is 9.69 Å². The number of benzene rings is 1. The number of aliphatic hydroxyl groups excluding tert-OH is 1. The molecule has 64 heavy (non-hydrogen) atoms. The van der Waals surface area contributed by atoms with Gasteiger partial charge >= 0.3 is 5.97 Å². The molecule has 4 saturated heterocycles. The molecule has 0 radical (unpaired) electrons. The molecule has 4 aliphatic heterocycles. The van der Waals surface area contributed by atoms with Gasteiger partial charge in [0.15, 0.2) is 18.7 Å². The van der Waals surface area contributed by atoms with Crippen LogP contribution in [0.3, 0.4) is 0 Å². The van der Waals surface area contributed by atoms with Crippen LogP contribution in [0.1, 0.15) is 94.9 Å². The molecule has 5 N–H and O–H groups in total. The van der Waals surface area contributed by atoms with Crippen molar-refractivity contribution in [1.82, 2.24) is 15.1 Å². The van der Waals surface area contributed by atoms with E-state index in [1.165, 1.54) is 6.92 Å². The molecule has 4 heterocycles. The van der Waals surface area contributed by atoms with Gasteiger partial charge in [0.25, 0.3) is 0 Å². The number of cyclic esters (lactones) is 1. The quantitative estimate of drug-likeness (QED) is 0.203. The number of morpholine rings is 1. The summed E-state index contributed by atoms with van der Waals surface area (Å²) in [5, 5.41) is 52.1. The lowest BCUT2D eigenvalue weighted by atomic mass is 9.74. The Morgan fingerprint density at radius 3 is 2.19 bits per heavy atom. The predicted molar refractivity (Wildman–Crippen MR) is 241 cm³/mol. The summed E-state index contributed by atoms with van der Waals surface area (Å²) in [5.74, 6) is -2.00. The molecule has 0 amide bonds. The van der Waals surface area contributed by atoms with Crippen LogP contribution in [0.4, 0.5) is 0 Å². The monoisotopic (exact) mass is 910 g/mol. The Morgan fingerprint density at radius 2 is 1.58 bits per heavy atom. The first-order chi connectivity index (χ1) is 30.0. The Balaban J connectivity index is 1.59. The number of methoxy groups -OCH3 is 1. The Bertz CT molecular complexity index is 1600. The molecule has 0 spiro atoms. The number of para-hydroxylation sites is 1. The van der Waals surface area contributed by atoms with Crippen molar-refractivity contribution < 1.29 is 63.1 Å². The number of nitrogens with one attached hydrogen (secondary N) is 1. The lowest BCUT2D eigenvalue weighted by Crippen LogP contribution is -2.70. The maximum Gasteiger partial charge on any atom is 0.311 e. The molecular weight excluding hydrogens is 827 g/mol. The van der Waals surface area contributed by atoms with E-state index in [1.807, 2.05) is 72.1 Å². The van der Waals surface area contributed by atoms with Crippen molar-refractivity contribution in [1.29, 1.82) is 0 Å². The van der Waals surface area contributed by atoms with Gasteiger partial charge in [-0.25, -0.2) is 0 Å². The third-order valence-corrected chi connectivity index (χ3v) is 14.8. The predicted octanol–water partition coefficient (Wildman–Crippen LogP) is 3.35. The van der Waals surface area contributed by atoms with Gasteiger partial charge in [-0.1, -0.05) is 39.0 Å². The van der Waals surface area contributed by atoms with Gasteiger partial charge < -0.3 is 68.5 Å². The van der Waals surface area contributed by atoms with E-state index in [0.29, 0.717) is 45.0 Å². The molecule has 0 bridgehead atoms. The molecule has 0 unspecified atom stereocenters. The zero-order valence-electron chi connectivity index (χ0n) is 40.9. The van der Waals surface area contributed by atoms with E-state index in [-0.39, 0.29) is 43.9 Å². The minimum absolute atomic E-state index is 0.0986. The van der Waals surface area contributed by atoms with E-state index < -0.39 is 95.5 Å². The SMILES string of the molecule is CC[C@H]1OC(=O)[C@H](C)[C@@H](O[C@H]2C[C@@](C)(OC)[C@](O)(CN3CCOCC3)[C@H](C)O2)[C@H](C)[C@@H](O[C@@H]2O[C@H](C)C[C@H](N(C)C)[C@H]2Oc2ccccc2)[C@](C)(O)C[C@@H](C)CN[C@H](C)[C@@H](O)[C@]1(C)O. The van der Waals surface area contributed by atoms with Gasteiger partial charge in [0.05, 0.1) is 55.2 Å². The van der Waals surface area contributed by atoms with Crippen LogP contribution < -0.4 is 10.1 Å². The van der Waals surface area contributed by atoms with E-state index in [4.69, 9.17) is 37.9 Å². The summed E-state index contributed by atoms with van der Waals surface area (Å²) in [6, 6.07) is 8.77. The number of nitrogens with zero attached hydrogens (tertiary/aromatic N) is 2. The number of hydrogen-bond donors (Lipinski definition) is 5. The zero-order valence-corrected chi connectivity index (χ0v) is 40.9. The first kappa shape index (κ1) is 52.9. The van der Waals surface area contributed by atoms with Crippen molar-refractivity contribution in [2.45, 2.75) is 185 Å². The molecule has 16 nitrogen and oxygen atoms in total. The second kappa shape index (κ2) is 21.9. The first-order valence-corrected chi connectivity index (χ1v) is 23.6. The molecule has 368 valence electrons. The summed E-state index contributed by atoms with van der Waals surface area (Å²) in [6.45, 7) is 21.1. The molecular formula is C48H83N3O13. The molecule has 4 aliphatic rings. The topological polar surface area (TPSA) is 190 Å². The zero-order chi connectivity index (χ0) is 47.4. The van der Waals surface area contributed by atoms with Gasteiger partial charge in [0.2, 0.25) is 0 Å². The van der Waals surface area contributed by atoms with Crippen LogP contribution in [-0.4, -0.2) is 187 Å². The van der Waals surface area contributed by atoms with E-state index in [9.17, 15) is 25.2 Å². The summed E-state index contributed by atoms with van der Waals surface area (Å²) < 4.78 is 52.0. The fraction of sp³-hybridized carbons (Fsp3) is 0.854.